The zero-order valence-corrected chi connectivity index (χ0v) is 16.9. The number of carbonyl (C=O) groups excluding carboxylic acids is 1. The number of anilines is 3. The van der Waals surface area contributed by atoms with Crippen molar-refractivity contribution >= 4 is 40.3 Å². The molecule has 156 valence electrons. The fraction of sp³-hybridized carbons (Fsp3) is 0.333. The Morgan fingerprint density at radius 1 is 1.33 bits per heavy atom. The van der Waals surface area contributed by atoms with Gasteiger partial charge in [-0.15, -0.1) is 0 Å². The average molecular weight is 406 g/mol. The van der Waals surface area contributed by atoms with Crippen molar-refractivity contribution in [3.63, 3.8) is 0 Å². The van der Waals surface area contributed by atoms with E-state index in [0.717, 1.165) is 53.2 Å². The van der Waals surface area contributed by atoms with Crippen LogP contribution in [0.5, 0.6) is 0 Å². The summed E-state index contributed by atoms with van der Waals surface area (Å²) in [5, 5.41) is 18.0. The van der Waals surface area contributed by atoms with Crippen LogP contribution < -0.4 is 20.9 Å². The Bertz CT molecular complexity index is 1050. The summed E-state index contributed by atoms with van der Waals surface area (Å²) >= 11 is 0. The largest absolute Gasteiger partial charge is 0.388 e. The van der Waals surface area contributed by atoms with E-state index in [-0.39, 0.29) is 18.5 Å². The van der Waals surface area contributed by atoms with Crippen LogP contribution in [0.25, 0.3) is 11.0 Å². The maximum atomic E-state index is 12.6. The topological polar surface area (TPSA) is 122 Å². The highest BCUT2D eigenvalue weighted by Gasteiger charge is 2.24. The summed E-state index contributed by atoms with van der Waals surface area (Å²) in [5.41, 5.74) is 3.16. The minimum absolute atomic E-state index is 0.0582. The predicted octanol–water partition coefficient (Wildman–Crippen LogP) is 2.19. The summed E-state index contributed by atoms with van der Waals surface area (Å²) in [4.78, 5) is 26.6. The quantitative estimate of drug-likeness (QED) is 0.384. The highest BCUT2D eigenvalue weighted by molar-refractivity contribution is 5.94. The van der Waals surface area contributed by atoms with Crippen molar-refractivity contribution in [2.24, 2.45) is 0 Å². The maximum Gasteiger partial charge on any atom is 0.239 e. The first-order chi connectivity index (χ1) is 14.7. The van der Waals surface area contributed by atoms with E-state index in [4.69, 9.17) is 5.41 Å². The molecule has 3 aromatic rings. The first-order valence-electron chi connectivity index (χ1n) is 10.1. The molecular weight excluding hydrogens is 380 g/mol. The smallest absolute Gasteiger partial charge is 0.239 e. The Hall–Kier alpha value is -3.62. The lowest BCUT2D eigenvalue weighted by atomic mass is 10.1. The average Bonchev–Trinajstić information content (AvgIpc) is 3.26. The van der Waals surface area contributed by atoms with Crippen LogP contribution in [0, 0.1) is 5.41 Å². The molecule has 0 aliphatic carbocycles. The van der Waals surface area contributed by atoms with Gasteiger partial charge in [0.25, 0.3) is 0 Å². The molecule has 0 saturated carbocycles. The molecular formula is C21H26N8O. The van der Waals surface area contributed by atoms with Gasteiger partial charge in [0.2, 0.25) is 5.91 Å². The second kappa shape index (κ2) is 8.81. The molecule has 30 heavy (non-hydrogen) atoms. The Morgan fingerprint density at radius 3 is 3.03 bits per heavy atom. The number of H-pyrrole nitrogens is 1. The number of nitrogens with zero attached hydrogens (tertiary/aromatic N) is 3. The Balaban J connectivity index is 1.37. The molecule has 1 aliphatic heterocycles. The Kier molecular flexibility index (Phi) is 5.78. The summed E-state index contributed by atoms with van der Waals surface area (Å²) in [6.45, 7) is 1.77. The van der Waals surface area contributed by atoms with Gasteiger partial charge >= 0.3 is 0 Å². The van der Waals surface area contributed by atoms with Crippen LogP contribution in [0.2, 0.25) is 0 Å². The molecule has 0 spiro atoms. The molecule has 1 aromatic carbocycles. The maximum absolute atomic E-state index is 12.6. The van der Waals surface area contributed by atoms with Gasteiger partial charge in [-0.1, -0.05) is 6.07 Å². The number of benzene rings is 1. The SMILES string of the molecule is CNc1cccc(NCC(=O)NC2CCCN(c3ncnc4[nH]ccc34)C2)c1C=N. The molecule has 4 rings (SSSR count). The summed E-state index contributed by atoms with van der Waals surface area (Å²) in [5.74, 6) is 0.833. The van der Waals surface area contributed by atoms with Crippen LogP contribution >= 0.6 is 0 Å². The van der Waals surface area contributed by atoms with E-state index < -0.39 is 0 Å². The summed E-state index contributed by atoms with van der Waals surface area (Å²) in [7, 11) is 1.81. The molecule has 0 bridgehead atoms. The van der Waals surface area contributed by atoms with Crippen molar-refractivity contribution in [2.45, 2.75) is 18.9 Å². The van der Waals surface area contributed by atoms with Gasteiger partial charge in [0.05, 0.1) is 11.9 Å². The van der Waals surface area contributed by atoms with Crippen LogP contribution in [0.3, 0.4) is 0 Å². The van der Waals surface area contributed by atoms with E-state index in [9.17, 15) is 4.79 Å². The second-order valence-electron chi connectivity index (χ2n) is 7.30. The van der Waals surface area contributed by atoms with Gasteiger partial charge in [-0.3, -0.25) is 4.79 Å². The molecule has 1 amide bonds. The van der Waals surface area contributed by atoms with E-state index in [1.54, 1.807) is 6.33 Å². The van der Waals surface area contributed by atoms with Gasteiger partial charge in [-0.2, -0.15) is 0 Å². The third kappa shape index (κ3) is 4.05. The first-order valence-corrected chi connectivity index (χ1v) is 10.1. The number of hydrogen-bond acceptors (Lipinski definition) is 7. The van der Waals surface area contributed by atoms with Crippen molar-refractivity contribution in [2.75, 3.05) is 42.2 Å². The number of aromatic amines is 1. The number of amides is 1. The van der Waals surface area contributed by atoms with Crippen LogP contribution in [0.4, 0.5) is 17.2 Å². The molecule has 1 saturated heterocycles. The van der Waals surface area contributed by atoms with E-state index in [1.165, 1.54) is 6.21 Å². The second-order valence-corrected chi connectivity index (χ2v) is 7.30. The minimum atomic E-state index is -0.0675. The third-order valence-electron chi connectivity index (χ3n) is 5.38. The standard InChI is InChI=1S/C21H26N8O/c1-23-17-5-2-6-18(16(17)10-22)25-11-19(30)28-14-4-3-9-29(12-14)21-15-7-8-24-20(15)26-13-27-21/h2,5-8,10,13-14,22-23,25H,3-4,9,11-12H2,1H3,(H,28,30)(H,24,26,27). The van der Waals surface area contributed by atoms with Crippen molar-refractivity contribution < 1.29 is 4.79 Å². The lowest BCUT2D eigenvalue weighted by Crippen LogP contribution is -2.49. The Morgan fingerprint density at radius 2 is 2.20 bits per heavy atom. The van der Waals surface area contributed by atoms with Gasteiger partial charge in [-0.05, 0) is 31.0 Å². The number of rotatable bonds is 7. The number of hydrogen-bond donors (Lipinski definition) is 5. The van der Waals surface area contributed by atoms with Crippen LogP contribution in [0.1, 0.15) is 18.4 Å². The molecule has 9 heteroatoms. The van der Waals surface area contributed by atoms with Crippen molar-refractivity contribution in [3.8, 4) is 0 Å². The number of fused-ring (bicyclic) bond motifs is 1. The monoisotopic (exact) mass is 406 g/mol. The number of piperidine rings is 1. The highest BCUT2D eigenvalue weighted by atomic mass is 16.2. The van der Waals surface area contributed by atoms with E-state index in [0.29, 0.717) is 6.54 Å². The van der Waals surface area contributed by atoms with Crippen LogP contribution in [0.15, 0.2) is 36.8 Å². The summed E-state index contributed by atoms with van der Waals surface area (Å²) in [6.07, 6.45) is 6.64. The lowest BCUT2D eigenvalue weighted by molar-refractivity contribution is -0.120. The zero-order chi connectivity index (χ0) is 20.9. The molecule has 0 radical (unpaired) electrons. The van der Waals surface area contributed by atoms with Gasteiger partial charge < -0.3 is 31.2 Å². The summed E-state index contributed by atoms with van der Waals surface area (Å²) in [6, 6.07) is 7.70. The normalized spacial score (nSPS) is 16.3. The molecule has 2 aromatic heterocycles. The first kappa shape index (κ1) is 19.7. The molecule has 9 nitrogen and oxygen atoms in total. The van der Waals surface area contributed by atoms with Crippen molar-refractivity contribution in [3.05, 3.63) is 42.4 Å². The third-order valence-corrected chi connectivity index (χ3v) is 5.38. The Labute approximate surface area is 174 Å². The number of carbonyl (C=O) groups is 1. The molecule has 1 aliphatic rings. The van der Waals surface area contributed by atoms with Crippen LogP contribution in [-0.2, 0) is 4.79 Å². The van der Waals surface area contributed by atoms with Crippen molar-refractivity contribution in [1.82, 2.24) is 20.3 Å². The van der Waals surface area contributed by atoms with E-state index in [2.05, 4.69) is 35.8 Å². The zero-order valence-electron chi connectivity index (χ0n) is 16.9. The van der Waals surface area contributed by atoms with Gasteiger partial charge in [0.1, 0.15) is 17.8 Å². The molecule has 1 unspecified atom stereocenters. The molecule has 5 N–H and O–H groups in total. The number of nitrogens with one attached hydrogen (secondary N) is 5. The molecule has 1 atom stereocenters. The van der Waals surface area contributed by atoms with Crippen LogP contribution in [-0.4, -0.2) is 59.8 Å². The lowest BCUT2D eigenvalue weighted by Gasteiger charge is -2.34. The minimum Gasteiger partial charge on any atom is -0.388 e. The van der Waals surface area contributed by atoms with Gasteiger partial charge in [-0.25, -0.2) is 9.97 Å². The fourth-order valence-electron chi connectivity index (χ4n) is 3.95. The predicted molar refractivity (Wildman–Crippen MR) is 120 cm³/mol. The summed E-state index contributed by atoms with van der Waals surface area (Å²) < 4.78 is 0. The van der Waals surface area contributed by atoms with Gasteiger partial charge in [0.15, 0.2) is 0 Å². The van der Waals surface area contributed by atoms with E-state index >= 15 is 0 Å². The fourth-order valence-corrected chi connectivity index (χ4v) is 3.95. The molecule has 3 heterocycles. The number of aromatic nitrogens is 3. The highest BCUT2D eigenvalue weighted by Crippen LogP contribution is 2.25. The van der Waals surface area contributed by atoms with E-state index in [1.807, 2.05) is 37.5 Å². The van der Waals surface area contributed by atoms with Crippen molar-refractivity contribution in [1.29, 1.82) is 5.41 Å². The van der Waals surface area contributed by atoms with Gasteiger partial charge in [0, 0.05) is 55.5 Å². The molecule has 1 fully saturated rings.